The van der Waals surface area contributed by atoms with Crippen LogP contribution in [0.4, 0.5) is 0 Å². The summed E-state index contributed by atoms with van der Waals surface area (Å²) in [4.78, 5) is 11.6. The van der Waals surface area contributed by atoms with Crippen molar-refractivity contribution in [2.45, 2.75) is 32.8 Å². The van der Waals surface area contributed by atoms with Crippen LogP contribution in [0.15, 0.2) is 30.3 Å². The predicted octanol–water partition coefficient (Wildman–Crippen LogP) is 2.92. The van der Waals surface area contributed by atoms with Gasteiger partial charge in [0.2, 0.25) is 0 Å². The van der Waals surface area contributed by atoms with E-state index in [1.54, 1.807) is 0 Å². The lowest BCUT2D eigenvalue weighted by Gasteiger charge is -2.30. The highest BCUT2D eigenvalue weighted by Crippen LogP contribution is 2.42. The first-order valence-electron chi connectivity index (χ1n) is 6.30. The van der Waals surface area contributed by atoms with E-state index < -0.39 is 11.9 Å². The molecule has 0 saturated carbocycles. The van der Waals surface area contributed by atoms with Crippen LogP contribution in [0.1, 0.15) is 32.3 Å². The average Bonchev–Trinajstić information content (AvgIpc) is 2.74. The first-order valence-corrected chi connectivity index (χ1v) is 6.30. The van der Waals surface area contributed by atoms with E-state index in [0.717, 1.165) is 5.56 Å². The fourth-order valence-corrected chi connectivity index (χ4v) is 2.72. The SMILES string of the molecule is CC(C)(C)C1OCC(c2ccccc2)C1C(=O)O. The van der Waals surface area contributed by atoms with Gasteiger partial charge in [-0.1, -0.05) is 51.1 Å². The van der Waals surface area contributed by atoms with Crippen molar-refractivity contribution in [2.24, 2.45) is 11.3 Å². The minimum absolute atomic E-state index is 0.0482. The molecule has 1 N–H and O–H groups in total. The van der Waals surface area contributed by atoms with E-state index in [2.05, 4.69) is 0 Å². The molecule has 0 aromatic heterocycles. The Morgan fingerprint density at radius 1 is 1.28 bits per heavy atom. The summed E-state index contributed by atoms with van der Waals surface area (Å²) >= 11 is 0. The number of ether oxygens (including phenoxy) is 1. The molecule has 98 valence electrons. The van der Waals surface area contributed by atoms with Crippen LogP contribution in [-0.2, 0) is 9.53 Å². The van der Waals surface area contributed by atoms with E-state index in [4.69, 9.17) is 4.74 Å². The number of hydrogen-bond acceptors (Lipinski definition) is 2. The molecule has 1 aromatic carbocycles. The summed E-state index contributed by atoms with van der Waals surface area (Å²) in [6, 6.07) is 9.79. The normalized spacial score (nSPS) is 28.3. The lowest BCUT2D eigenvalue weighted by molar-refractivity contribution is -0.146. The third-order valence-electron chi connectivity index (χ3n) is 3.58. The summed E-state index contributed by atoms with van der Waals surface area (Å²) in [5, 5.41) is 9.50. The van der Waals surface area contributed by atoms with Crippen LogP contribution >= 0.6 is 0 Å². The molecular weight excluding hydrogens is 228 g/mol. The van der Waals surface area contributed by atoms with Gasteiger partial charge in [-0.15, -0.1) is 0 Å². The van der Waals surface area contributed by atoms with Crippen LogP contribution in [0.25, 0.3) is 0 Å². The van der Waals surface area contributed by atoms with Crippen molar-refractivity contribution in [3.8, 4) is 0 Å². The summed E-state index contributed by atoms with van der Waals surface area (Å²) < 4.78 is 5.78. The molecule has 2 rings (SSSR count). The first kappa shape index (κ1) is 13.1. The first-order chi connectivity index (χ1) is 8.41. The molecule has 1 aliphatic heterocycles. The molecule has 1 heterocycles. The standard InChI is InChI=1S/C15H20O3/c1-15(2,3)13-12(14(16)17)11(9-18-13)10-7-5-4-6-8-10/h4-8,11-13H,9H2,1-3H3,(H,16,17). The summed E-state index contributed by atoms with van der Waals surface area (Å²) in [6.07, 6.45) is -0.236. The maximum absolute atomic E-state index is 11.6. The number of carbonyl (C=O) groups is 1. The predicted molar refractivity (Wildman–Crippen MR) is 69.5 cm³/mol. The fourth-order valence-electron chi connectivity index (χ4n) is 2.72. The minimum atomic E-state index is -0.763. The Kier molecular flexibility index (Phi) is 3.44. The molecule has 0 aliphatic carbocycles. The largest absolute Gasteiger partial charge is 0.481 e. The fraction of sp³-hybridized carbons (Fsp3) is 0.533. The van der Waals surface area contributed by atoms with E-state index in [0.29, 0.717) is 6.61 Å². The second-order valence-electron chi connectivity index (χ2n) is 6.00. The average molecular weight is 248 g/mol. The number of rotatable bonds is 2. The number of carboxylic acid groups (broad SMARTS) is 1. The summed E-state index contributed by atoms with van der Waals surface area (Å²) in [5.74, 6) is -1.28. The molecule has 0 radical (unpaired) electrons. The number of carboxylic acids is 1. The van der Waals surface area contributed by atoms with Crippen molar-refractivity contribution in [3.63, 3.8) is 0 Å². The third kappa shape index (κ3) is 2.41. The smallest absolute Gasteiger partial charge is 0.309 e. The zero-order valence-corrected chi connectivity index (χ0v) is 11.1. The zero-order chi connectivity index (χ0) is 13.3. The van der Waals surface area contributed by atoms with Gasteiger partial charge in [-0.05, 0) is 11.0 Å². The van der Waals surface area contributed by atoms with Gasteiger partial charge in [0.25, 0.3) is 0 Å². The Morgan fingerprint density at radius 3 is 2.39 bits per heavy atom. The summed E-state index contributed by atoms with van der Waals surface area (Å²) in [5.41, 5.74) is 0.892. The van der Waals surface area contributed by atoms with Crippen molar-refractivity contribution >= 4 is 5.97 Å². The quantitative estimate of drug-likeness (QED) is 0.875. The number of aliphatic carboxylic acids is 1. The van der Waals surface area contributed by atoms with E-state index in [9.17, 15) is 9.90 Å². The van der Waals surface area contributed by atoms with Gasteiger partial charge >= 0.3 is 5.97 Å². The Labute approximate surface area is 108 Å². The molecule has 1 saturated heterocycles. The molecule has 0 amide bonds. The lowest BCUT2D eigenvalue weighted by Crippen LogP contribution is -2.37. The van der Waals surface area contributed by atoms with Crippen LogP contribution in [0.3, 0.4) is 0 Å². The van der Waals surface area contributed by atoms with E-state index in [1.165, 1.54) is 0 Å². The minimum Gasteiger partial charge on any atom is -0.481 e. The van der Waals surface area contributed by atoms with Crippen LogP contribution in [-0.4, -0.2) is 23.8 Å². The molecule has 1 aliphatic rings. The van der Waals surface area contributed by atoms with Gasteiger partial charge in [0.05, 0.1) is 18.6 Å². The molecule has 3 heteroatoms. The second kappa shape index (κ2) is 4.73. The van der Waals surface area contributed by atoms with Crippen LogP contribution in [0, 0.1) is 11.3 Å². The molecule has 0 spiro atoms. The van der Waals surface area contributed by atoms with E-state index >= 15 is 0 Å². The third-order valence-corrected chi connectivity index (χ3v) is 3.58. The van der Waals surface area contributed by atoms with Crippen molar-refractivity contribution in [3.05, 3.63) is 35.9 Å². The summed E-state index contributed by atoms with van der Waals surface area (Å²) in [7, 11) is 0. The molecule has 1 aromatic rings. The van der Waals surface area contributed by atoms with Gasteiger partial charge in [0.15, 0.2) is 0 Å². The van der Waals surface area contributed by atoms with Crippen molar-refractivity contribution < 1.29 is 14.6 Å². The van der Waals surface area contributed by atoms with Gasteiger partial charge in [-0.2, -0.15) is 0 Å². The molecule has 3 atom stereocenters. The molecule has 1 fully saturated rings. The van der Waals surface area contributed by atoms with Crippen molar-refractivity contribution in [2.75, 3.05) is 6.61 Å². The Bertz CT molecular complexity index is 419. The maximum atomic E-state index is 11.6. The van der Waals surface area contributed by atoms with E-state index in [1.807, 2.05) is 51.1 Å². The van der Waals surface area contributed by atoms with Gasteiger partial charge in [0.1, 0.15) is 0 Å². The highest BCUT2D eigenvalue weighted by atomic mass is 16.5. The monoisotopic (exact) mass is 248 g/mol. The maximum Gasteiger partial charge on any atom is 0.309 e. The zero-order valence-electron chi connectivity index (χ0n) is 11.1. The molecule has 3 unspecified atom stereocenters. The number of hydrogen-bond donors (Lipinski definition) is 1. The Balaban J connectivity index is 2.31. The lowest BCUT2D eigenvalue weighted by atomic mass is 9.76. The van der Waals surface area contributed by atoms with Gasteiger partial charge in [0, 0.05) is 5.92 Å². The van der Waals surface area contributed by atoms with Gasteiger partial charge in [-0.25, -0.2) is 0 Å². The summed E-state index contributed by atoms with van der Waals surface area (Å²) in [6.45, 7) is 6.58. The highest BCUT2D eigenvalue weighted by Gasteiger charge is 2.47. The second-order valence-corrected chi connectivity index (χ2v) is 6.00. The van der Waals surface area contributed by atoms with Gasteiger partial charge in [-0.3, -0.25) is 4.79 Å². The molecule has 3 nitrogen and oxygen atoms in total. The number of benzene rings is 1. The molecular formula is C15H20O3. The highest BCUT2D eigenvalue weighted by molar-refractivity contribution is 5.73. The van der Waals surface area contributed by atoms with Crippen molar-refractivity contribution in [1.82, 2.24) is 0 Å². The van der Waals surface area contributed by atoms with Crippen molar-refractivity contribution in [1.29, 1.82) is 0 Å². The van der Waals surface area contributed by atoms with E-state index in [-0.39, 0.29) is 17.4 Å². The molecule has 0 bridgehead atoms. The Morgan fingerprint density at radius 2 is 1.89 bits per heavy atom. The van der Waals surface area contributed by atoms with Crippen LogP contribution in [0.5, 0.6) is 0 Å². The topological polar surface area (TPSA) is 46.5 Å². The van der Waals surface area contributed by atoms with Gasteiger partial charge < -0.3 is 9.84 Å². The molecule has 18 heavy (non-hydrogen) atoms. The Hall–Kier alpha value is -1.35. The van der Waals surface area contributed by atoms with Crippen LogP contribution in [0.2, 0.25) is 0 Å². The van der Waals surface area contributed by atoms with Crippen LogP contribution < -0.4 is 0 Å².